The zero-order chi connectivity index (χ0) is 19.8. The minimum Gasteiger partial charge on any atom is -0.278 e. The molecule has 0 amide bonds. The minimum absolute atomic E-state index is 0.0444. The summed E-state index contributed by atoms with van der Waals surface area (Å²) in [6, 6.07) is 4.85. The second kappa shape index (κ2) is 6.99. The van der Waals surface area contributed by atoms with Crippen molar-refractivity contribution in [3.05, 3.63) is 46.8 Å². The van der Waals surface area contributed by atoms with Gasteiger partial charge in [-0.25, -0.2) is 8.42 Å². The number of aromatic nitrogens is 2. The van der Waals surface area contributed by atoms with Crippen LogP contribution in [-0.4, -0.2) is 35.9 Å². The molecule has 1 aliphatic rings. The van der Waals surface area contributed by atoms with Gasteiger partial charge in [0.25, 0.3) is 0 Å². The third kappa shape index (κ3) is 4.15. The van der Waals surface area contributed by atoms with Crippen molar-refractivity contribution in [2.75, 3.05) is 16.9 Å². The summed E-state index contributed by atoms with van der Waals surface area (Å²) in [6.45, 7) is 3.54. The Hall–Kier alpha value is -2.36. The highest BCUT2D eigenvalue weighted by molar-refractivity contribution is 7.91. The molecule has 0 saturated carbocycles. The van der Waals surface area contributed by atoms with Gasteiger partial charge in [-0.2, -0.15) is 23.4 Å². The summed E-state index contributed by atoms with van der Waals surface area (Å²) in [5, 5.41) is 8.32. The minimum atomic E-state index is -4.48. The second-order valence-electron chi connectivity index (χ2n) is 6.50. The monoisotopic (exact) mass is 400 g/mol. The van der Waals surface area contributed by atoms with E-state index in [0.717, 1.165) is 11.8 Å². The molecule has 1 fully saturated rings. The zero-order valence-corrected chi connectivity index (χ0v) is 15.6. The number of rotatable bonds is 4. The van der Waals surface area contributed by atoms with Crippen LogP contribution in [0.4, 0.5) is 18.9 Å². The van der Waals surface area contributed by atoms with E-state index in [9.17, 15) is 21.6 Å². The second-order valence-corrected chi connectivity index (χ2v) is 8.73. The maximum atomic E-state index is 13.0. The molecule has 3 rings (SSSR count). The molecular weight excluding hydrogens is 381 g/mol. The number of nitrogens with one attached hydrogen (secondary N) is 1. The first-order valence-corrected chi connectivity index (χ1v) is 10.1. The highest BCUT2D eigenvalue weighted by Gasteiger charge is 2.33. The first-order valence-electron chi connectivity index (χ1n) is 8.30. The Kier molecular flexibility index (Phi) is 5.02. The van der Waals surface area contributed by atoms with Gasteiger partial charge in [-0.05, 0) is 32.4 Å². The van der Waals surface area contributed by atoms with Crippen LogP contribution < -0.4 is 5.43 Å². The van der Waals surface area contributed by atoms with Gasteiger partial charge in [-0.1, -0.05) is 12.1 Å². The standard InChI is InChI=1S/C17H19F3N4O2S/c1-11-14(12(2)24(23-11)13-7-8-27(25,26)10-13)9-21-22-16-6-4-3-5-15(16)17(18,19)20/h3-6,9,13,22H,7-8,10H2,1-2H3/b21-9+. The molecule has 6 nitrogen and oxygen atoms in total. The van der Waals surface area contributed by atoms with Crippen LogP contribution in [0.25, 0.3) is 0 Å². The third-order valence-electron chi connectivity index (χ3n) is 4.55. The van der Waals surface area contributed by atoms with E-state index in [1.807, 2.05) is 0 Å². The molecule has 1 atom stereocenters. The molecular formula is C17H19F3N4O2S. The van der Waals surface area contributed by atoms with Gasteiger partial charge in [0.2, 0.25) is 0 Å². The van der Waals surface area contributed by atoms with Crippen LogP contribution in [0.2, 0.25) is 0 Å². The Morgan fingerprint density at radius 2 is 2.00 bits per heavy atom. The number of alkyl halides is 3. The number of hydrazone groups is 1. The van der Waals surface area contributed by atoms with Gasteiger partial charge in [-0.15, -0.1) is 0 Å². The van der Waals surface area contributed by atoms with Crippen LogP contribution in [0, 0.1) is 13.8 Å². The quantitative estimate of drug-likeness (QED) is 0.631. The highest BCUT2D eigenvalue weighted by atomic mass is 32.2. The molecule has 1 aromatic carbocycles. The van der Waals surface area contributed by atoms with Crippen LogP contribution in [0.3, 0.4) is 0 Å². The molecule has 0 spiro atoms. The number of nitrogens with zero attached hydrogens (tertiary/aromatic N) is 3. The number of hydrogen-bond acceptors (Lipinski definition) is 5. The molecule has 0 bridgehead atoms. The molecule has 27 heavy (non-hydrogen) atoms. The van der Waals surface area contributed by atoms with Crippen LogP contribution in [-0.2, 0) is 16.0 Å². The number of sulfone groups is 1. The SMILES string of the molecule is Cc1nn(C2CCS(=O)(=O)C2)c(C)c1/C=N/Nc1ccccc1C(F)(F)F. The van der Waals surface area contributed by atoms with Crippen molar-refractivity contribution in [3.63, 3.8) is 0 Å². The molecule has 2 aromatic rings. The first kappa shape index (κ1) is 19.4. The van der Waals surface area contributed by atoms with Gasteiger partial charge in [0, 0.05) is 11.3 Å². The van der Waals surface area contributed by atoms with Crippen molar-refractivity contribution >= 4 is 21.7 Å². The molecule has 10 heteroatoms. The molecule has 1 aromatic heterocycles. The lowest BCUT2D eigenvalue weighted by atomic mass is 10.2. The van der Waals surface area contributed by atoms with E-state index in [4.69, 9.17) is 0 Å². The van der Waals surface area contributed by atoms with E-state index in [1.165, 1.54) is 24.4 Å². The summed E-state index contributed by atoms with van der Waals surface area (Å²) in [5.41, 5.74) is 3.49. The number of hydrogen-bond donors (Lipinski definition) is 1. The van der Waals surface area contributed by atoms with Gasteiger partial charge in [0.05, 0.1) is 40.7 Å². The number of halogens is 3. The van der Waals surface area contributed by atoms with Gasteiger partial charge in [-0.3, -0.25) is 10.1 Å². The molecule has 146 valence electrons. The summed E-state index contributed by atoms with van der Waals surface area (Å²) in [5.74, 6) is 0.179. The van der Waals surface area contributed by atoms with E-state index in [-0.39, 0.29) is 23.2 Å². The first-order chi connectivity index (χ1) is 12.6. The van der Waals surface area contributed by atoms with Gasteiger partial charge < -0.3 is 0 Å². The predicted molar refractivity (Wildman–Crippen MR) is 96.7 cm³/mol. The average molecular weight is 400 g/mol. The van der Waals surface area contributed by atoms with Crippen molar-refractivity contribution in [2.24, 2.45) is 5.10 Å². The molecule has 2 heterocycles. The molecule has 1 aliphatic heterocycles. The fraction of sp³-hybridized carbons (Fsp3) is 0.412. The summed E-state index contributed by atoms with van der Waals surface area (Å²) in [6.07, 6.45) is -2.58. The fourth-order valence-corrected chi connectivity index (χ4v) is 4.87. The van der Waals surface area contributed by atoms with Crippen LogP contribution in [0.1, 0.15) is 35.0 Å². The van der Waals surface area contributed by atoms with Crippen molar-refractivity contribution in [1.82, 2.24) is 9.78 Å². The lowest BCUT2D eigenvalue weighted by Gasteiger charge is -2.11. The van der Waals surface area contributed by atoms with E-state index in [1.54, 1.807) is 18.5 Å². The zero-order valence-electron chi connectivity index (χ0n) is 14.8. The van der Waals surface area contributed by atoms with Crippen molar-refractivity contribution in [3.8, 4) is 0 Å². The maximum Gasteiger partial charge on any atom is 0.418 e. The van der Waals surface area contributed by atoms with Crippen molar-refractivity contribution < 1.29 is 21.6 Å². The normalized spacial score (nSPS) is 19.7. The Bertz CT molecular complexity index is 981. The fourth-order valence-electron chi connectivity index (χ4n) is 3.18. The Labute approximate surface area is 155 Å². The Morgan fingerprint density at radius 3 is 2.63 bits per heavy atom. The largest absolute Gasteiger partial charge is 0.418 e. The smallest absolute Gasteiger partial charge is 0.278 e. The lowest BCUT2D eigenvalue weighted by Crippen LogP contribution is -2.14. The van der Waals surface area contributed by atoms with E-state index >= 15 is 0 Å². The van der Waals surface area contributed by atoms with E-state index < -0.39 is 21.6 Å². The molecule has 1 saturated heterocycles. The van der Waals surface area contributed by atoms with E-state index in [0.29, 0.717) is 17.7 Å². The number of para-hydroxylation sites is 1. The van der Waals surface area contributed by atoms with Crippen LogP contribution in [0.5, 0.6) is 0 Å². The Balaban J connectivity index is 1.81. The Morgan fingerprint density at radius 1 is 1.30 bits per heavy atom. The summed E-state index contributed by atoms with van der Waals surface area (Å²) in [7, 11) is -3.05. The number of aryl methyl sites for hydroxylation is 1. The molecule has 1 unspecified atom stereocenters. The van der Waals surface area contributed by atoms with Crippen LogP contribution in [0.15, 0.2) is 29.4 Å². The van der Waals surface area contributed by atoms with E-state index in [2.05, 4.69) is 15.6 Å². The van der Waals surface area contributed by atoms with Crippen molar-refractivity contribution in [1.29, 1.82) is 0 Å². The molecule has 0 radical (unpaired) electrons. The molecule has 1 N–H and O–H groups in total. The van der Waals surface area contributed by atoms with Gasteiger partial charge in [0.1, 0.15) is 0 Å². The van der Waals surface area contributed by atoms with Crippen molar-refractivity contribution in [2.45, 2.75) is 32.5 Å². The summed E-state index contributed by atoms with van der Waals surface area (Å²) in [4.78, 5) is 0. The molecule has 0 aliphatic carbocycles. The number of anilines is 1. The van der Waals surface area contributed by atoms with Gasteiger partial charge >= 0.3 is 6.18 Å². The average Bonchev–Trinajstić information content (AvgIpc) is 3.07. The number of benzene rings is 1. The topological polar surface area (TPSA) is 76.3 Å². The maximum absolute atomic E-state index is 13.0. The predicted octanol–water partition coefficient (Wildman–Crippen LogP) is 3.32. The van der Waals surface area contributed by atoms with Gasteiger partial charge in [0.15, 0.2) is 9.84 Å². The van der Waals surface area contributed by atoms with Crippen LogP contribution >= 0.6 is 0 Å². The summed E-state index contributed by atoms with van der Waals surface area (Å²) < 4.78 is 64.1. The lowest BCUT2D eigenvalue weighted by molar-refractivity contribution is -0.136. The highest BCUT2D eigenvalue weighted by Crippen LogP contribution is 2.34. The third-order valence-corrected chi connectivity index (χ3v) is 6.30. The summed E-state index contributed by atoms with van der Waals surface area (Å²) >= 11 is 0.